The van der Waals surface area contributed by atoms with E-state index in [0.717, 1.165) is 49.4 Å². The lowest BCUT2D eigenvalue weighted by Crippen LogP contribution is -2.01. The van der Waals surface area contributed by atoms with Crippen molar-refractivity contribution in [1.82, 2.24) is 15.0 Å². The Labute approximate surface area is 314 Å². The zero-order chi connectivity index (χ0) is 36.2. The molecule has 10 rings (SSSR count). The maximum absolute atomic E-state index is 5.34. The van der Waals surface area contributed by atoms with Gasteiger partial charge in [0.1, 0.15) is 0 Å². The molecule has 1 aromatic heterocycles. The van der Waals surface area contributed by atoms with E-state index in [9.17, 15) is 0 Å². The highest BCUT2D eigenvalue weighted by Crippen LogP contribution is 2.40. The summed E-state index contributed by atoms with van der Waals surface area (Å²) in [5.74, 6) is 1.93. The predicted molar refractivity (Wildman–Crippen MR) is 227 cm³/mol. The van der Waals surface area contributed by atoms with Gasteiger partial charge in [0.2, 0.25) is 0 Å². The fraction of sp³-hybridized carbons (Fsp3) is 0.0392. The van der Waals surface area contributed by atoms with Gasteiger partial charge < -0.3 is 0 Å². The predicted octanol–water partition coefficient (Wildman–Crippen LogP) is 13.4. The first-order chi connectivity index (χ1) is 26.6. The molecule has 0 fully saturated rings. The summed E-state index contributed by atoms with van der Waals surface area (Å²) in [6.07, 6.45) is 0. The van der Waals surface area contributed by atoms with E-state index in [0.29, 0.717) is 17.5 Å². The molecule has 0 radical (unpaired) electrons. The summed E-state index contributed by atoms with van der Waals surface area (Å²) in [5, 5.41) is 9.36. The maximum atomic E-state index is 5.34. The lowest BCUT2D eigenvalue weighted by Gasteiger charge is -2.16. The van der Waals surface area contributed by atoms with Crippen LogP contribution in [0.4, 0.5) is 0 Å². The molecule has 0 saturated heterocycles. The Morgan fingerprint density at radius 1 is 0.278 bits per heavy atom. The van der Waals surface area contributed by atoms with Gasteiger partial charge in [0.25, 0.3) is 0 Å². The van der Waals surface area contributed by atoms with Gasteiger partial charge in [0.15, 0.2) is 17.5 Å². The summed E-state index contributed by atoms with van der Waals surface area (Å²) >= 11 is 0. The number of aryl methyl sites for hydroxylation is 2. The van der Waals surface area contributed by atoms with Crippen molar-refractivity contribution in [1.29, 1.82) is 0 Å². The minimum Gasteiger partial charge on any atom is -0.208 e. The molecule has 0 unspecified atom stereocenters. The monoisotopic (exact) mass is 689 g/mol. The van der Waals surface area contributed by atoms with Crippen molar-refractivity contribution < 1.29 is 0 Å². The van der Waals surface area contributed by atoms with E-state index in [4.69, 9.17) is 15.0 Å². The minimum absolute atomic E-state index is 0.632. The second kappa shape index (κ2) is 12.9. The van der Waals surface area contributed by atoms with Crippen LogP contribution in [0.15, 0.2) is 176 Å². The fourth-order valence-electron chi connectivity index (χ4n) is 8.05. The molecule has 0 amide bonds. The zero-order valence-electron chi connectivity index (χ0n) is 30.1. The number of benzene rings is 9. The van der Waals surface area contributed by atoms with Crippen LogP contribution in [0.2, 0.25) is 0 Å². The van der Waals surface area contributed by atoms with Gasteiger partial charge in [-0.05, 0) is 109 Å². The lowest BCUT2D eigenvalue weighted by molar-refractivity contribution is 1.08. The molecule has 10 aromatic rings. The first-order valence-corrected chi connectivity index (χ1v) is 18.4. The van der Waals surface area contributed by atoms with Gasteiger partial charge >= 0.3 is 0 Å². The van der Waals surface area contributed by atoms with Crippen LogP contribution < -0.4 is 0 Å². The normalized spacial score (nSPS) is 11.5. The summed E-state index contributed by atoms with van der Waals surface area (Å²) in [6, 6.07) is 62.9. The van der Waals surface area contributed by atoms with Gasteiger partial charge in [0, 0.05) is 16.7 Å². The Hall–Kier alpha value is -6.97. The van der Waals surface area contributed by atoms with Crippen molar-refractivity contribution in [2.45, 2.75) is 13.8 Å². The maximum Gasteiger partial charge on any atom is 0.164 e. The molecule has 3 heteroatoms. The van der Waals surface area contributed by atoms with Crippen LogP contribution in [-0.2, 0) is 0 Å². The summed E-state index contributed by atoms with van der Waals surface area (Å²) in [6.45, 7) is 4.35. The Morgan fingerprint density at radius 3 is 1.09 bits per heavy atom. The third kappa shape index (κ3) is 5.58. The summed E-state index contributed by atoms with van der Waals surface area (Å²) in [4.78, 5) is 15.9. The standard InChI is InChI=1S/C51H35N3/c1-32-25-36-15-5-9-21-43(36)47(27-32)38-29-39(48-28-33(2)26-37-16-6-10-22-44(37)48)31-40(30-38)49-52-50(45-23-11-17-34-13-3-7-19-41(34)45)54-51(53-49)46-24-12-18-35-14-4-8-20-42(35)46/h3-31H,1-2H3. The summed E-state index contributed by atoms with van der Waals surface area (Å²) in [5.41, 5.74) is 9.92. The number of rotatable bonds is 5. The summed E-state index contributed by atoms with van der Waals surface area (Å²) < 4.78 is 0. The van der Waals surface area contributed by atoms with E-state index in [1.807, 2.05) is 0 Å². The van der Waals surface area contributed by atoms with E-state index in [-0.39, 0.29) is 0 Å². The lowest BCUT2D eigenvalue weighted by atomic mass is 9.90. The largest absolute Gasteiger partial charge is 0.208 e. The highest BCUT2D eigenvalue weighted by molar-refractivity contribution is 6.02. The van der Waals surface area contributed by atoms with Crippen LogP contribution in [0.1, 0.15) is 11.1 Å². The fourth-order valence-corrected chi connectivity index (χ4v) is 8.05. The summed E-state index contributed by atoms with van der Waals surface area (Å²) in [7, 11) is 0. The molecule has 0 aliphatic heterocycles. The average Bonchev–Trinajstić information content (AvgIpc) is 3.22. The average molecular weight is 690 g/mol. The second-order valence-corrected chi connectivity index (χ2v) is 14.2. The SMILES string of the molecule is Cc1cc(-c2cc(-c3nc(-c4cccc5ccccc45)nc(-c4cccc5ccccc45)n3)cc(-c3cc(C)cc4ccccc34)c2)c2ccccc2c1. The van der Waals surface area contributed by atoms with Crippen LogP contribution in [0.3, 0.4) is 0 Å². The molecule has 0 bridgehead atoms. The second-order valence-electron chi connectivity index (χ2n) is 14.2. The minimum atomic E-state index is 0.632. The highest BCUT2D eigenvalue weighted by atomic mass is 15.0. The van der Waals surface area contributed by atoms with Gasteiger partial charge in [-0.3, -0.25) is 0 Å². The molecule has 254 valence electrons. The molecule has 1 heterocycles. The number of aromatic nitrogens is 3. The first kappa shape index (κ1) is 31.7. The van der Waals surface area contributed by atoms with Crippen molar-refractivity contribution in [2.75, 3.05) is 0 Å². The van der Waals surface area contributed by atoms with Crippen LogP contribution in [0, 0.1) is 13.8 Å². The highest BCUT2D eigenvalue weighted by Gasteiger charge is 2.19. The van der Waals surface area contributed by atoms with Crippen LogP contribution in [0.25, 0.3) is 99.5 Å². The van der Waals surface area contributed by atoms with E-state index >= 15 is 0 Å². The molecular weight excluding hydrogens is 655 g/mol. The van der Waals surface area contributed by atoms with E-state index in [1.165, 1.54) is 43.8 Å². The number of hydrogen-bond donors (Lipinski definition) is 0. The van der Waals surface area contributed by atoms with Crippen molar-refractivity contribution in [3.8, 4) is 56.4 Å². The van der Waals surface area contributed by atoms with Crippen molar-refractivity contribution in [2.24, 2.45) is 0 Å². The van der Waals surface area contributed by atoms with E-state index < -0.39 is 0 Å². The zero-order valence-corrected chi connectivity index (χ0v) is 30.1. The molecule has 0 atom stereocenters. The van der Waals surface area contributed by atoms with Crippen LogP contribution in [0.5, 0.6) is 0 Å². The van der Waals surface area contributed by atoms with Crippen molar-refractivity contribution in [3.05, 3.63) is 187 Å². The number of fused-ring (bicyclic) bond motifs is 4. The van der Waals surface area contributed by atoms with Gasteiger partial charge in [0.05, 0.1) is 0 Å². The Kier molecular flexibility index (Phi) is 7.59. The van der Waals surface area contributed by atoms with Gasteiger partial charge in [-0.2, -0.15) is 0 Å². The quantitative estimate of drug-likeness (QED) is 0.181. The van der Waals surface area contributed by atoms with Gasteiger partial charge in [-0.1, -0.05) is 158 Å². The van der Waals surface area contributed by atoms with Gasteiger partial charge in [-0.15, -0.1) is 0 Å². The van der Waals surface area contributed by atoms with Crippen molar-refractivity contribution in [3.63, 3.8) is 0 Å². The number of hydrogen-bond acceptors (Lipinski definition) is 3. The van der Waals surface area contributed by atoms with Crippen LogP contribution >= 0.6 is 0 Å². The third-order valence-electron chi connectivity index (χ3n) is 10.5. The third-order valence-corrected chi connectivity index (χ3v) is 10.5. The molecule has 9 aromatic carbocycles. The number of nitrogens with zero attached hydrogens (tertiary/aromatic N) is 3. The molecule has 0 N–H and O–H groups in total. The Morgan fingerprint density at radius 2 is 0.630 bits per heavy atom. The molecule has 0 aliphatic rings. The smallest absolute Gasteiger partial charge is 0.164 e. The molecular formula is C51H35N3. The van der Waals surface area contributed by atoms with E-state index in [1.54, 1.807) is 0 Å². The molecule has 0 aliphatic carbocycles. The van der Waals surface area contributed by atoms with Gasteiger partial charge in [-0.25, -0.2) is 15.0 Å². The molecule has 54 heavy (non-hydrogen) atoms. The topological polar surface area (TPSA) is 38.7 Å². The molecule has 0 saturated carbocycles. The Balaban J connectivity index is 1.29. The Bertz CT molecular complexity index is 2870. The first-order valence-electron chi connectivity index (χ1n) is 18.4. The van der Waals surface area contributed by atoms with Crippen molar-refractivity contribution >= 4 is 43.1 Å². The van der Waals surface area contributed by atoms with Crippen LogP contribution in [-0.4, -0.2) is 15.0 Å². The van der Waals surface area contributed by atoms with E-state index in [2.05, 4.69) is 190 Å². The molecule has 3 nitrogen and oxygen atoms in total. The molecule has 0 spiro atoms.